The Balaban J connectivity index is 2.02. The van der Waals surface area contributed by atoms with E-state index in [2.05, 4.69) is 4.98 Å². The molecule has 1 aliphatic heterocycles. The number of hydrogen-bond donors (Lipinski definition) is 0. The largest absolute Gasteiger partial charge is 0.466 e. The van der Waals surface area contributed by atoms with Gasteiger partial charge in [-0.05, 0) is 26.7 Å². The lowest BCUT2D eigenvalue weighted by molar-refractivity contribution is -0.151. The number of ether oxygens (including phenoxy) is 1. The third-order valence-electron chi connectivity index (χ3n) is 4.24. The molecule has 1 fully saturated rings. The van der Waals surface area contributed by atoms with Crippen molar-refractivity contribution < 1.29 is 18.7 Å². The quantitative estimate of drug-likeness (QED) is 0.790. The molecule has 0 N–H and O–H groups in total. The third-order valence-corrected chi connectivity index (χ3v) is 4.24. The van der Waals surface area contributed by atoms with Crippen LogP contribution in [0.4, 0.5) is 0 Å². The maximum Gasteiger partial charge on any atom is 0.310 e. The Labute approximate surface area is 143 Å². The van der Waals surface area contributed by atoms with Gasteiger partial charge in [-0.2, -0.15) is 0 Å². The Hall–Kier alpha value is -1.85. The summed E-state index contributed by atoms with van der Waals surface area (Å²) in [6, 6.07) is 0. The molecule has 6 heteroatoms. The molecule has 0 radical (unpaired) electrons. The van der Waals surface area contributed by atoms with Gasteiger partial charge in [0, 0.05) is 18.5 Å². The van der Waals surface area contributed by atoms with Crippen LogP contribution in [0.25, 0.3) is 0 Å². The molecule has 1 saturated heterocycles. The zero-order valence-corrected chi connectivity index (χ0v) is 15.3. The summed E-state index contributed by atoms with van der Waals surface area (Å²) in [5.74, 6) is 0.808. The first-order valence-corrected chi connectivity index (χ1v) is 8.63. The number of likely N-dealkylation sites (tertiary alicyclic amines) is 1. The molecule has 1 aromatic heterocycles. The maximum absolute atomic E-state index is 12.6. The molecular weight excluding hydrogens is 308 g/mol. The zero-order valence-electron chi connectivity index (χ0n) is 15.3. The minimum atomic E-state index is -0.219. The van der Waals surface area contributed by atoms with Crippen molar-refractivity contribution in [3.05, 3.63) is 17.3 Å². The van der Waals surface area contributed by atoms with E-state index in [1.54, 1.807) is 11.8 Å². The highest BCUT2D eigenvalue weighted by Gasteiger charge is 2.30. The summed E-state index contributed by atoms with van der Waals surface area (Å²) in [5.41, 5.74) is 0.568. The molecular formula is C18H28N2O4. The van der Waals surface area contributed by atoms with Crippen LogP contribution in [0.15, 0.2) is 4.42 Å². The van der Waals surface area contributed by atoms with E-state index in [4.69, 9.17) is 9.15 Å². The molecule has 6 nitrogen and oxygen atoms in total. The number of nitrogens with zero attached hydrogens (tertiary/aromatic N) is 2. The van der Waals surface area contributed by atoms with Crippen molar-refractivity contribution >= 4 is 11.9 Å². The van der Waals surface area contributed by atoms with Gasteiger partial charge in [0.1, 0.15) is 5.76 Å². The van der Waals surface area contributed by atoms with Crippen LogP contribution in [-0.4, -0.2) is 41.5 Å². The molecule has 1 unspecified atom stereocenters. The van der Waals surface area contributed by atoms with E-state index in [1.165, 1.54) is 0 Å². The summed E-state index contributed by atoms with van der Waals surface area (Å²) in [6.07, 6.45) is 1.78. The summed E-state index contributed by atoms with van der Waals surface area (Å²) in [6.45, 7) is 11.2. The number of aryl methyl sites for hydroxylation is 1. The van der Waals surface area contributed by atoms with Crippen LogP contribution in [0, 0.1) is 12.8 Å². The number of piperidine rings is 1. The van der Waals surface area contributed by atoms with Crippen LogP contribution in [0.2, 0.25) is 0 Å². The molecule has 1 atom stereocenters. The second-order valence-electron chi connectivity index (χ2n) is 7.39. The van der Waals surface area contributed by atoms with E-state index >= 15 is 0 Å². The van der Waals surface area contributed by atoms with Crippen molar-refractivity contribution in [2.75, 3.05) is 19.7 Å². The summed E-state index contributed by atoms with van der Waals surface area (Å²) < 4.78 is 10.9. The van der Waals surface area contributed by atoms with E-state index in [0.29, 0.717) is 31.3 Å². The SMILES string of the molecule is CCOC(=O)C1CCCN(C(=O)Cc2oc(C(C)(C)C)nc2C)C1. The second-order valence-corrected chi connectivity index (χ2v) is 7.39. The molecule has 2 heterocycles. The Morgan fingerprint density at radius 2 is 2.08 bits per heavy atom. The number of oxazole rings is 1. The summed E-state index contributed by atoms with van der Waals surface area (Å²) in [4.78, 5) is 30.7. The van der Waals surface area contributed by atoms with Crippen LogP contribution in [0.5, 0.6) is 0 Å². The number of aromatic nitrogens is 1. The summed E-state index contributed by atoms with van der Waals surface area (Å²) in [5, 5.41) is 0. The predicted octanol–water partition coefficient (Wildman–Crippen LogP) is 2.62. The van der Waals surface area contributed by atoms with Crippen LogP contribution >= 0.6 is 0 Å². The minimum absolute atomic E-state index is 0.0243. The van der Waals surface area contributed by atoms with Gasteiger partial charge >= 0.3 is 5.97 Å². The lowest BCUT2D eigenvalue weighted by Gasteiger charge is -2.31. The van der Waals surface area contributed by atoms with Crippen molar-refractivity contribution in [1.82, 2.24) is 9.88 Å². The molecule has 0 aromatic carbocycles. The molecule has 1 amide bonds. The van der Waals surface area contributed by atoms with Gasteiger partial charge in [-0.25, -0.2) is 4.98 Å². The lowest BCUT2D eigenvalue weighted by atomic mass is 9.97. The summed E-state index contributed by atoms with van der Waals surface area (Å²) >= 11 is 0. The normalized spacial score (nSPS) is 18.5. The number of carbonyl (C=O) groups is 2. The van der Waals surface area contributed by atoms with Crippen LogP contribution in [0.3, 0.4) is 0 Å². The highest BCUT2D eigenvalue weighted by molar-refractivity contribution is 5.80. The fraction of sp³-hybridized carbons (Fsp3) is 0.722. The average molecular weight is 336 g/mol. The molecule has 24 heavy (non-hydrogen) atoms. The van der Waals surface area contributed by atoms with Gasteiger partial charge in [0.15, 0.2) is 5.89 Å². The molecule has 2 rings (SSSR count). The predicted molar refractivity (Wildman–Crippen MR) is 89.6 cm³/mol. The smallest absolute Gasteiger partial charge is 0.310 e. The fourth-order valence-corrected chi connectivity index (χ4v) is 2.82. The Bertz CT molecular complexity index is 601. The van der Waals surface area contributed by atoms with Gasteiger partial charge in [-0.3, -0.25) is 9.59 Å². The van der Waals surface area contributed by atoms with E-state index in [0.717, 1.165) is 18.5 Å². The van der Waals surface area contributed by atoms with Gasteiger partial charge in [0.05, 0.1) is 24.6 Å². The highest BCUT2D eigenvalue weighted by atomic mass is 16.5. The lowest BCUT2D eigenvalue weighted by Crippen LogP contribution is -2.43. The Morgan fingerprint density at radius 3 is 2.67 bits per heavy atom. The second kappa shape index (κ2) is 7.36. The molecule has 0 bridgehead atoms. The number of esters is 1. The highest BCUT2D eigenvalue weighted by Crippen LogP contribution is 2.25. The average Bonchev–Trinajstić information content (AvgIpc) is 2.89. The zero-order chi connectivity index (χ0) is 17.9. The number of carbonyl (C=O) groups excluding carboxylic acids is 2. The molecule has 0 spiro atoms. The molecule has 1 aromatic rings. The van der Waals surface area contributed by atoms with Gasteiger partial charge in [-0.1, -0.05) is 20.8 Å². The first-order valence-electron chi connectivity index (χ1n) is 8.63. The number of amides is 1. The van der Waals surface area contributed by atoms with Gasteiger partial charge in [0.25, 0.3) is 0 Å². The first-order chi connectivity index (χ1) is 11.2. The fourth-order valence-electron chi connectivity index (χ4n) is 2.82. The molecule has 134 valence electrons. The molecule has 1 aliphatic rings. The van der Waals surface area contributed by atoms with Crippen molar-refractivity contribution in [3.8, 4) is 0 Å². The number of hydrogen-bond acceptors (Lipinski definition) is 5. The Morgan fingerprint density at radius 1 is 1.38 bits per heavy atom. The topological polar surface area (TPSA) is 72.6 Å². The van der Waals surface area contributed by atoms with Gasteiger partial charge in [-0.15, -0.1) is 0 Å². The molecule has 0 saturated carbocycles. The van der Waals surface area contributed by atoms with E-state index in [-0.39, 0.29) is 29.6 Å². The van der Waals surface area contributed by atoms with Crippen LogP contribution in [0.1, 0.15) is 57.9 Å². The van der Waals surface area contributed by atoms with Gasteiger partial charge < -0.3 is 14.1 Å². The van der Waals surface area contributed by atoms with Crippen molar-refractivity contribution in [2.45, 2.75) is 59.3 Å². The third kappa shape index (κ3) is 4.36. The summed E-state index contributed by atoms with van der Waals surface area (Å²) in [7, 11) is 0. The van der Waals surface area contributed by atoms with Crippen molar-refractivity contribution in [2.24, 2.45) is 5.92 Å². The van der Waals surface area contributed by atoms with Crippen molar-refractivity contribution in [3.63, 3.8) is 0 Å². The monoisotopic (exact) mass is 336 g/mol. The number of rotatable bonds is 4. The first kappa shape index (κ1) is 18.5. The van der Waals surface area contributed by atoms with Crippen LogP contribution in [-0.2, 0) is 26.2 Å². The standard InChI is InChI=1S/C18H28N2O4/c1-6-23-16(22)13-8-7-9-20(11-13)15(21)10-14-12(2)19-17(24-14)18(3,4)5/h13H,6-11H2,1-5H3. The van der Waals surface area contributed by atoms with Crippen LogP contribution < -0.4 is 0 Å². The van der Waals surface area contributed by atoms with E-state index in [1.807, 2.05) is 27.7 Å². The van der Waals surface area contributed by atoms with E-state index in [9.17, 15) is 9.59 Å². The van der Waals surface area contributed by atoms with Crippen molar-refractivity contribution in [1.29, 1.82) is 0 Å². The maximum atomic E-state index is 12.6. The van der Waals surface area contributed by atoms with E-state index < -0.39 is 0 Å². The molecule has 0 aliphatic carbocycles. The Kier molecular flexibility index (Phi) is 5.67. The minimum Gasteiger partial charge on any atom is -0.466 e. The van der Waals surface area contributed by atoms with Gasteiger partial charge in [0.2, 0.25) is 5.91 Å².